The molecular formula is C15H23FN2. The number of rotatable bonds is 4. The lowest BCUT2D eigenvalue weighted by molar-refractivity contribution is 0.321. The van der Waals surface area contributed by atoms with Gasteiger partial charge in [-0.2, -0.15) is 0 Å². The fourth-order valence-electron chi connectivity index (χ4n) is 2.71. The lowest BCUT2D eigenvalue weighted by Crippen LogP contribution is -2.48. The first kappa shape index (κ1) is 13.3. The molecule has 1 aliphatic heterocycles. The second-order valence-electron chi connectivity index (χ2n) is 5.22. The van der Waals surface area contributed by atoms with Crippen molar-refractivity contribution >= 4 is 5.69 Å². The van der Waals surface area contributed by atoms with Crippen molar-refractivity contribution in [3.8, 4) is 0 Å². The summed E-state index contributed by atoms with van der Waals surface area (Å²) in [7, 11) is 0. The Hall–Kier alpha value is -1.09. The summed E-state index contributed by atoms with van der Waals surface area (Å²) in [5, 5.41) is 3.59. The van der Waals surface area contributed by atoms with Crippen molar-refractivity contribution in [3.63, 3.8) is 0 Å². The Balaban J connectivity index is 1.98. The Labute approximate surface area is 109 Å². The van der Waals surface area contributed by atoms with Crippen molar-refractivity contribution in [2.24, 2.45) is 5.92 Å². The maximum absolute atomic E-state index is 13.7. The molecule has 0 saturated carbocycles. The number of benzene rings is 1. The standard InChI is InChI=1S/C15H23FN2/c1-3-9-17-14-8-10-18(11-12(14)2)15-7-5-4-6-13(15)16/h4-7,12,14,17H,3,8-11H2,1-2H3. The molecule has 2 nitrogen and oxygen atoms in total. The van der Waals surface area contributed by atoms with Gasteiger partial charge in [0.15, 0.2) is 0 Å². The van der Waals surface area contributed by atoms with Gasteiger partial charge >= 0.3 is 0 Å². The summed E-state index contributed by atoms with van der Waals surface area (Å²) in [6.07, 6.45) is 2.26. The molecule has 2 rings (SSSR count). The van der Waals surface area contributed by atoms with Crippen LogP contribution in [0.2, 0.25) is 0 Å². The molecule has 1 heterocycles. The first-order valence-electron chi connectivity index (χ1n) is 6.95. The number of nitrogens with one attached hydrogen (secondary N) is 1. The van der Waals surface area contributed by atoms with Crippen LogP contribution in [0.25, 0.3) is 0 Å². The predicted molar refractivity (Wildman–Crippen MR) is 74.5 cm³/mol. The number of halogens is 1. The number of piperidine rings is 1. The van der Waals surface area contributed by atoms with Crippen LogP contribution in [-0.4, -0.2) is 25.7 Å². The van der Waals surface area contributed by atoms with Gasteiger partial charge in [-0.1, -0.05) is 26.0 Å². The largest absolute Gasteiger partial charge is 0.369 e. The van der Waals surface area contributed by atoms with E-state index in [-0.39, 0.29) is 5.82 Å². The first-order chi connectivity index (χ1) is 8.72. The molecule has 0 amide bonds. The molecule has 2 atom stereocenters. The van der Waals surface area contributed by atoms with Gasteiger partial charge < -0.3 is 10.2 Å². The highest BCUT2D eigenvalue weighted by Gasteiger charge is 2.26. The summed E-state index contributed by atoms with van der Waals surface area (Å²) in [5.41, 5.74) is 0.748. The highest BCUT2D eigenvalue weighted by molar-refractivity contribution is 5.48. The van der Waals surface area contributed by atoms with E-state index in [9.17, 15) is 4.39 Å². The highest BCUT2D eigenvalue weighted by Crippen LogP contribution is 2.25. The first-order valence-corrected chi connectivity index (χ1v) is 6.95. The van der Waals surface area contributed by atoms with Crippen LogP contribution in [0.15, 0.2) is 24.3 Å². The van der Waals surface area contributed by atoms with Gasteiger partial charge in [-0.3, -0.25) is 0 Å². The summed E-state index contributed by atoms with van der Waals surface area (Å²) in [6.45, 7) is 7.39. The monoisotopic (exact) mass is 250 g/mol. The smallest absolute Gasteiger partial charge is 0.146 e. The van der Waals surface area contributed by atoms with E-state index in [1.807, 2.05) is 12.1 Å². The van der Waals surface area contributed by atoms with Crippen LogP contribution in [0.3, 0.4) is 0 Å². The topological polar surface area (TPSA) is 15.3 Å². The van der Waals surface area contributed by atoms with E-state index in [0.29, 0.717) is 12.0 Å². The molecule has 1 aliphatic rings. The molecule has 0 bridgehead atoms. The van der Waals surface area contributed by atoms with Crippen molar-refractivity contribution in [2.45, 2.75) is 32.7 Å². The van der Waals surface area contributed by atoms with E-state index in [4.69, 9.17) is 0 Å². The normalized spacial score (nSPS) is 24.3. The molecule has 0 radical (unpaired) electrons. The third kappa shape index (κ3) is 3.02. The SMILES string of the molecule is CCCNC1CCN(c2ccccc2F)CC1C. The molecule has 0 aliphatic carbocycles. The second-order valence-corrected chi connectivity index (χ2v) is 5.22. The van der Waals surface area contributed by atoms with Crippen molar-refractivity contribution < 1.29 is 4.39 Å². The number of anilines is 1. The number of nitrogens with zero attached hydrogens (tertiary/aromatic N) is 1. The quantitative estimate of drug-likeness (QED) is 0.883. The third-order valence-electron chi connectivity index (χ3n) is 3.75. The van der Waals surface area contributed by atoms with Crippen LogP contribution in [0.5, 0.6) is 0 Å². The molecule has 1 N–H and O–H groups in total. The van der Waals surface area contributed by atoms with Crippen molar-refractivity contribution in [3.05, 3.63) is 30.1 Å². The molecule has 2 unspecified atom stereocenters. The van der Waals surface area contributed by atoms with Crippen molar-refractivity contribution in [1.29, 1.82) is 0 Å². The number of hydrogen-bond donors (Lipinski definition) is 1. The Morgan fingerprint density at radius 1 is 1.39 bits per heavy atom. The van der Waals surface area contributed by atoms with Crippen LogP contribution in [0, 0.1) is 11.7 Å². The molecular weight excluding hydrogens is 227 g/mol. The summed E-state index contributed by atoms with van der Waals surface area (Å²) >= 11 is 0. The zero-order valence-electron chi connectivity index (χ0n) is 11.3. The van der Waals surface area contributed by atoms with Crippen LogP contribution in [0.1, 0.15) is 26.7 Å². The highest BCUT2D eigenvalue weighted by atomic mass is 19.1. The van der Waals surface area contributed by atoms with E-state index in [1.54, 1.807) is 12.1 Å². The fourth-order valence-corrected chi connectivity index (χ4v) is 2.71. The van der Waals surface area contributed by atoms with E-state index < -0.39 is 0 Å². The Bertz CT molecular complexity index is 381. The van der Waals surface area contributed by atoms with Gasteiger partial charge in [0.2, 0.25) is 0 Å². The van der Waals surface area contributed by atoms with E-state index >= 15 is 0 Å². The third-order valence-corrected chi connectivity index (χ3v) is 3.75. The van der Waals surface area contributed by atoms with Crippen molar-refractivity contribution in [1.82, 2.24) is 5.32 Å². The minimum Gasteiger partial charge on any atom is -0.369 e. The van der Waals surface area contributed by atoms with Gasteiger partial charge in [-0.25, -0.2) is 4.39 Å². The zero-order chi connectivity index (χ0) is 13.0. The molecule has 100 valence electrons. The molecule has 1 aromatic rings. The number of para-hydroxylation sites is 1. The van der Waals surface area contributed by atoms with Crippen LogP contribution >= 0.6 is 0 Å². The van der Waals surface area contributed by atoms with Gasteiger partial charge in [0.1, 0.15) is 5.82 Å². The van der Waals surface area contributed by atoms with Crippen LogP contribution < -0.4 is 10.2 Å². The lowest BCUT2D eigenvalue weighted by atomic mass is 9.93. The maximum atomic E-state index is 13.7. The predicted octanol–water partition coefficient (Wildman–Crippen LogP) is 3.04. The molecule has 1 fully saturated rings. The molecule has 3 heteroatoms. The van der Waals surface area contributed by atoms with Crippen LogP contribution in [0.4, 0.5) is 10.1 Å². The van der Waals surface area contributed by atoms with Gasteiger partial charge in [-0.05, 0) is 37.4 Å². The molecule has 18 heavy (non-hydrogen) atoms. The van der Waals surface area contributed by atoms with Crippen LogP contribution in [-0.2, 0) is 0 Å². The van der Waals surface area contributed by atoms with Gasteiger partial charge in [0.05, 0.1) is 5.69 Å². The minimum atomic E-state index is -0.107. The van der Waals surface area contributed by atoms with E-state index in [0.717, 1.165) is 31.7 Å². The Kier molecular flexibility index (Phi) is 4.59. The average molecular weight is 250 g/mol. The maximum Gasteiger partial charge on any atom is 0.146 e. The fraction of sp³-hybridized carbons (Fsp3) is 0.600. The van der Waals surface area contributed by atoms with E-state index in [2.05, 4.69) is 24.1 Å². The zero-order valence-corrected chi connectivity index (χ0v) is 11.3. The van der Waals surface area contributed by atoms with Gasteiger partial charge in [-0.15, -0.1) is 0 Å². The molecule has 0 spiro atoms. The summed E-state index contributed by atoms with van der Waals surface area (Å²) < 4.78 is 13.7. The minimum absolute atomic E-state index is 0.107. The van der Waals surface area contributed by atoms with Gasteiger partial charge in [0, 0.05) is 19.1 Å². The average Bonchev–Trinajstić information content (AvgIpc) is 2.38. The van der Waals surface area contributed by atoms with Crippen molar-refractivity contribution in [2.75, 3.05) is 24.5 Å². The van der Waals surface area contributed by atoms with Gasteiger partial charge in [0.25, 0.3) is 0 Å². The summed E-state index contributed by atoms with van der Waals surface area (Å²) in [4.78, 5) is 2.17. The summed E-state index contributed by atoms with van der Waals surface area (Å²) in [5.74, 6) is 0.453. The lowest BCUT2D eigenvalue weighted by Gasteiger charge is -2.38. The van der Waals surface area contributed by atoms with E-state index in [1.165, 1.54) is 6.42 Å². The molecule has 1 saturated heterocycles. The summed E-state index contributed by atoms with van der Waals surface area (Å²) in [6, 6.07) is 7.65. The Morgan fingerprint density at radius 3 is 2.83 bits per heavy atom. The molecule has 1 aromatic carbocycles. The number of hydrogen-bond acceptors (Lipinski definition) is 2. The second kappa shape index (κ2) is 6.19. The Morgan fingerprint density at radius 2 is 2.17 bits per heavy atom. The molecule has 0 aromatic heterocycles.